The van der Waals surface area contributed by atoms with Crippen LogP contribution in [-0.4, -0.2) is 32.7 Å². The number of pyridine rings is 1. The van der Waals surface area contributed by atoms with Crippen molar-refractivity contribution in [2.24, 2.45) is 0 Å². The standard InChI is InChI=1S/C9H13B2BrN4/c10-9(11)16-4-6(2-13)5-1-7(12)8(14)15-3-5/h1-4,9,13,16H,10-11H2,(H2,14,15)/b6-4+,13-2?. The van der Waals surface area contributed by atoms with Crippen LogP contribution >= 0.6 is 15.9 Å². The van der Waals surface area contributed by atoms with Crippen LogP contribution in [0.3, 0.4) is 0 Å². The van der Waals surface area contributed by atoms with Gasteiger partial charge >= 0.3 is 0 Å². The van der Waals surface area contributed by atoms with Crippen LogP contribution in [0.5, 0.6) is 0 Å². The molecule has 7 heteroatoms. The van der Waals surface area contributed by atoms with E-state index in [-0.39, 0.29) is 0 Å². The third kappa shape index (κ3) is 3.41. The lowest BCUT2D eigenvalue weighted by molar-refractivity contribution is 0.988. The van der Waals surface area contributed by atoms with E-state index in [4.69, 9.17) is 11.1 Å². The van der Waals surface area contributed by atoms with Gasteiger partial charge in [0.2, 0.25) is 0 Å². The topological polar surface area (TPSA) is 74.8 Å². The van der Waals surface area contributed by atoms with Gasteiger partial charge in [-0.25, -0.2) is 4.98 Å². The molecule has 0 saturated carbocycles. The molecule has 0 radical (unpaired) electrons. The van der Waals surface area contributed by atoms with Crippen LogP contribution in [0.15, 0.2) is 22.9 Å². The molecule has 0 aliphatic heterocycles. The van der Waals surface area contributed by atoms with Crippen molar-refractivity contribution in [3.63, 3.8) is 0 Å². The molecule has 4 nitrogen and oxygen atoms in total. The fourth-order valence-electron chi connectivity index (χ4n) is 1.07. The molecule has 0 saturated heterocycles. The Labute approximate surface area is 105 Å². The van der Waals surface area contributed by atoms with Crippen molar-refractivity contribution >= 4 is 49.2 Å². The van der Waals surface area contributed by atoms with Crippen molar-refractivity contribution < 1.29 is 0 Å². The lowest BCUT2D eigenvalue weighted by atomic mass is 9.79. The number of hydrogen-bond acceptors (Lipinski definition) is 4. The van der Waals surface area contributed by atoms with Crippen LogP contribution in [0, 0.1) is 5.41 Å². The monoisotopic (exact) mass is 278 g/mol. The molecule has 1 heterocycles. The van der Waals surface area contributed by atoms with Gasteiger partial charge in [-0.2, -0.15) is 0 Å². The van der Waals surface area contributed by atoms with Crippen LogP contribution < -0.4 is 11.1 Å². The van der Waals surface area contributed by atoms with E-state index in [2.05, 4.69) is 26.2 Å². The van der Waals surface area contributed by atoms with Crippen molar-refractivity contribution in [1.82, 2.24) is 10.3 Å². The van der Waals surface area contributed by atoms with Crippen LogP contribution in [-0.2, 0) is 0 Å². The first-order chi connectivity index (χ1) is 7.54. The first-order valence-electron chi connectivity index (χ1n) is 4.92. The Balaban J connectivity index is 2.99. The number of allylic oxidation sites excluding steroid dienone is 1. The summed E-state index contributed by atoms with van der Waals surface area (Å²) in [5.41, 5.74) is 7.22. The fourth-order valence-corrected chi connectivity index (χ4v) is 1.42. The molecule has 0 aliphatic carbocycles. The van der Waals surface area contributed by atoms with Gasteiger partial charge in [0.25, 0.3) is 0 Å². The average molecular weight is 279 g/mol. The highest BCUT2D eigenvalue weighted by atomic mass is 79.9. The maximum Gasteiger partial charge on any atom is 0.137 e. The summed E-state index contributed by atoms with van der Waals surface area (Å²) < 4.78 is 0.738. The number of anilines is 1. The van der Waals surface area contributed by atoms with Gasteiger partial charge in [-0.1, -0.05) is 0 Å². The summed E-state index contributed by atoms with van der Waals surface area (Å²) in [6.45, 7) is 0. The summed E-state index contributed by atoms with van der Waals surface area (Å²) in [6, 6.07) is 1.85. The Morgan fingerprint density at radius 1 is 1.62 bits per heavy atom. The number of halogens is 1. The quantitative estimate of drug-likeness (QED) is 0.516. The molecule has 4 N–H and O–H groups in total. The molecular formula is C9H13B2BrN4. The highest BCUT2D eigenvalue weighted by Gasteiger charge is 2.03. The SMILES string of the molecule is BC(B)N/C=C(\C=N)c1cnc(N)c(Br)c1. The summed E-state index contributed by atoms with van der Waals surface area (Å²) in [5, 5.41) is 10.5. The van der Waals surface area contributed by atoms with Crippen LogP contribution in [0.25, 0.3) is 5.57 Å². The highest BCUT2D eigenvalue weighted by Crippen LogP contribution is 2.21. The molecule has 0 bridgehead atoms. The van der Waals surface area contributed by atoms with Crippen molar-refractivity contribution in [2.75, 3.05) is 5.73 Å². The first-order valence-corrected chi connectivity index (χ1v) is 5.72. The number of nitrogens with zero attached hydrogens (tertiary/aromatic N) is 1. The van der Waals surface area contributed by atoms with Crippen molar-refractivity contribution in [1.29, 1.82) is 5.41 Å². The van der Waals surface area contributed by atoms with Gasteiger partial charge in [0.1, 0.15) is 21.5 Å². The molecule has 0 unspecified atom stereocenters. The molecule has 0 atom stereocenters. The molecule has 1 aromatic rings. The Morgan fingerprint density at radius 2 is 2.31 bits per heavy atom. The Kier molecular flexibility index (Phi) is 4.61. The largest absolute Gasteiger partial charge is 0.404 e. The highest BCUT2D eigenvalue weighted by molar-refractivity contribution is 9.10. The van der Waals surface area contributed by atoms with E-state index in [1.165, 1.54) is 6.21 Å². The van der Waals surface area contributed by atoms with Crippen molar-refractivity contribution in [3.05, 3.63) is 28.5 Å². The zero-order valence-corrected chi connectivity index (χ0v) is 10.9. The third-order valence-corrected chi connectivity index (χ3v) is 2.57. The average Bonchev–Trinajstić information content (AvgIpc) is 2.23. The summed E-state index contributed by atoms with van der Waals surface area (Å²) in [4.78, 5) is 4.03. The summed E-state index contributed by atoms with van der Waals surface area (Å²) in [6.07, 6.45) is 4.74. The van der Waals surface area contributed by atoms with E-state index < -0.39 is 0 Å². The minimum absolute atomic E-state index is 0.333. The minimum Gasteiger partial charge on any atom is -0.404 e. The van der Waals surface area contributed by atoms with E-state index in [0.29, 0.717) is 11.7 Å². The van der Waals surface area contributed by atoms with Crippen LogP contribution in [0.2, 0.25) is 0 Å². The van der Waals surface area contributed by atoms with Gasteiger partial charge in [0.05, 0.1) is 4.47 Å². The number of hydrogen-bond donors (Lipinski definition) is 3. The summed E-state index contributed by atoms with van der Waals surface area (Å²) in [7, 11) is 4.07. The molecule has 0 spiro atoms. The molecule has 0 aliphatic rings. The second-order valence-corrected chi connectivity index (χ2v) is 4.51. The van der Waals surface area contributed by atoms with Gasteiger partial charge < -0.3 is 16.5 Å². The molecule has 16 heavy (non-hydrogen) atoms. The van der Waals surface area contributed by atoms with Crippen LogP contribution in [0.4, 0.5) is 5.82 Å². The third-order valence-electron chi connectivity index (χ3n) is 1.93. The molecular weight excluding hydrogens is 266 g/mol. The van der Waals surface area contributed by atoms with Crippen LogP contribution in [0.1, 0.15) is 5.56 Å². The van der Waals surface area contributed by atoms with Crippen molar-refractivity contribution in [2.45, 2.75) is 5.84 Å². The normalized spacial score (nSPS) is 11.5. The van der Waals surface area contributed by atoms with Gasteiger partial charge in [-0.05, 0) is 27.8 Å². The second kappa shape index (κ2) is 5.75. The van der Waals surface area contributed by atoms with E-state index in [9.17, 15) is 0 Å². The predicted molar refractivity (Wildman–Crippen MR) is 77.1 cm³/mol. The Bertz CT molecular complexity index is 420. The Morgan fingerprint density at radius 3 is 2.81 bits per heavy atom. The van der Waals surface area contributed by atoms with Gasteiger partial charge in [-0.3, -0.25) is 0 Å². The number of aromatic nitrogens is 1. The van der Waals surface area contributed by atoms with E-state index >= 15 is 0 Å². The fraction of sp³-hybridized carbons (Fsp3) is 0.111. The van der Waals surface area contributed by atoms with E-state index in [0.717, 1.165) is 15.6 Å². The molecule has 0 fully saturated rings. The van der Waals surface area contributed by atoms with Crippen molar-refractivity contribution in [3.8, 4) is 0 Å². The zero-order chi connectivity index (χ0) is 12.1. The Hall–Kier alpha value is -1.23. The smallest absolute Gasteiger partial charge is 0.137 e. The number of nitrogens with two attached hydrogens (primary N) is 1. The predicted octanol–water partition coefficient (Wildman–Crippen LogP) is -0.444. The number of nitrogens with one attached hydrogen (secondary N) is 2. The van der Waals surface area contributed by atoms with E-state index in [1.54, 1.807) is 12.4 Å². The first kappa shape index (κ1) is 12.8. The second-order valence-electron chi connectivity index (χ2n) is 3.66. The summed E-state index contributed by atoms with van der Waals surface area (Å²) >= 11 is 3.31. The maximum atomic E-state index is 7.36. The molecule has 82 valence electrons. The lowest BCUT2D eigenvalue weighted by Crippen LogP contribution is -2.24. The van der Waals surface area contributed by atoms with Gasteiger partial charge in [-0.15, -0.1) is 0 Å². The van der Waals surface area contributed by atoms with Gasteiger partial charge in [0.15, 0.2) is 0 Å². The molecule has 0 aromatic carbocycles. The minimum atomic E-state index is 0.333. The maximum absolute atomic E-state index is 7.36. The van der Waals surface area contributed by atoms with Gasteiger partial charge in [0, 0.05) is 29.7 Å². The zero-order valence-electron chi connectivity index (χ0n) is 9.29. The summed E-state index contributed by atoms with van der Waals surface area (Å²) in [5.74, 6) is 0.782. The molecule has 1 aromatic heterocycles. The van der Waals surface area contributed by atoms with E-state index in [1.807, 2.05) is 21.8 Å². The molecule has 1 rings (SSSR count). The lowest BCUT2D eigenvalue weighted by Gasteiger charge is -2.07. The molecule has 0 amide bonds. The number of nitrogen functional groups attached to an aromatic ring is 1. The number of rotatable bonds is 4.